The summed E-state index contributed by atoms with van der Waals surface area (Å²) >= 11 is 3.98. The van der Waals surface area contributed by atoms with Gasteiger partial charge in [-0.25, -0.2) is 0 Å². The van der Waals surface area contributed by atoms with Crippen molar-refractivity contribution in [2.75, 3.05) is 0 Å². The van der Waals surface area contributed by atoms with Crippen molar-refractivity contribution in [3.8, 4) is 0 Å². The van der Waals surface area contributed by atoms with Gasteiger partial charge in [-0.1, -0.05) is 6.58 Å². The summed E-state index contributed by atoms with van der Waals surface area (Å²) in [7, 11) is 0. The molecule has 0 aliphatic heterocycles. The topological polar surface area (TPSA) is 20.2 Å². The summed E-state index contributed by atoms with van der Waals surface area (Å²) in [4.78, 5) is 0.850. The van der Waals surface area contributed by atoms with Crippen molar-refractivity contribution >= 4 is 12.6 Å². The average Bonchev–Trinajstić information content (AvgIpc) is 1.83. The number of hydrogen-bond acceptors (Lipinski definition) is 2. The predicted octanol–water partition coefficient (Wildman–Crippen LogP) is 2.45. The molecular weight excluding hydrogens is 132 g/mol. The minimum atomic E-state index is 0.156. The maximum Gasteiger partial charge on any atom is 0.115 e. The second kappa shape index (κ2) is 4.27. The SMILES string of the molecule is C=C/C(O)=C\C=C(/C)S. The molecule has 0 unspecified atom stereocenters. The van der Waals surface area contributed by atoms with Gasteiger partial charge in [0.25, 0.3) is 0 Å². The predicted molar refractivity (Wildman–Crippen MR) is 43.7 cm³/mol. The van der Waals surface area contributed by atoms with E-state index in [-0.39, 0.29) is 5.76 Å². The molecule has 0 bridgehead atoms. The fourth-order valence-electron chi connectivity index (χ4n) is 0.274. The van der Waals surface area contributed by atoms with Crippen LogP contribution in [0.3, 0.4) is 0 Å². The molecule has 0 rings (SSSR count). The molecule has 0 aromatic rings. The third kappa shape index (κ3) is 5.24. The average molecular weight is 142 g/mol. The Hall–Kier alpha value is -0.630. The van der Waals surface area contributed by atoms with E-state index in [1.807, 2.05) is 6.92 Å². The highest BCUT2D eigenvalue weighted by atomic mass is 32.1. The lowest BCUT2D eigenvalue weighted by atomic mass is 10.4. The van der Waals surface area contributed by atoms with Crippen molar-refractivity contribution in [2.45, 2.75) is 6.92 Å². The van der Waals surface area contributed by atoms with Gasteiger partial charge in [-0.15, -0.1) is 12.6 Å². The molecular formula is C7H10OS. The van der Waals surface area contributed by atoms with Crippen LogP contribution in [0.2, 0.25) is 0 Å². The lowest BCUT2D eigenvalue weighted by Gasteiger charge is -1.85. The molecule has 0 saturated heterocycles. The molecule has 0 atom stereocenters. The van der Waals surface area contributed by atoms with Gasteiger partial charge in [0.05, 0.1) is 0 Å². The molecule has 0 aliphatic rings. The molecule has 0 aromatic carbocycles. The van der Waals surface area contributed by atoms with Crippen LogP contribution in [0.1, 0.15) is 6.92 Å². The summed E-state index contributed by atoms with van der Waals surface area (Å²) in [5, 5.41) is 8.77. The van der Waals surface area contributed by atoms with E-state index in [9.17, 15) is 0 Å². The maximum atomic E-state index is 8.77. The Morgan fingerprint density at radius 1 is 1.56 bits per heavy atom. The van der Waals surface area contributed by atoms with Crippen molar-refractivity contribution in [3.05, 3.63) is 35.5 Å². The van der Waals surface area contributed by atoms with Gasteiger partial charge in [0, 0.05) is 0 Å². The first-order valence-electron chi connectivity index (χ1n) is 2.55. The van der Waals surface area contributed by atoms with E-state index in [0.29, 0.717) is 0 Å². The first kappa shape index (κ1) is 8.37. The van der Waals surface area contributed by atoms with Crippen LogP contribution in [0.5, 0.6) is 0 Å². The van der Waals surface area contributed by atoms with Gasteiger partial charge < -0.3 is 5.11 Å². The Kier molecular flexibility index (Phi) is 3.97. The molecule has 0 amide bonds. The second-order valence-electron chi connectivity index (χ2n) is 1.60. The molecule has 0 aromatic heterocycles. The first-order chi connectivity index (χ1) is 4.16. The summed E-state index contributed by atoms with van der Waals surface area (Å²) in [5.41, 5.74) is 0. The molecule has 1 nitrogen and oxygen atoms in total. The van der Waals surface area contributed by atoms with Gasteiger partial charge >= 0.3 is 0 Å². The molecule has 0 radical (unpaired) electrons. The van der Waals surface area contributed by atoms with Crippen LogP contribution < -0.4 is 0 Å². The molecule has 0 aliphatic carbocycles. The fraction of sp³-hybridized carbons (Fsp3) is 0.143. The molecule has 0 spiro atoms. The lowest BCUT2D eigenvalue weighted by molar-refractivity contribution is 0.433. The van der Waals surface area contributed by atoms with E-state index in [1.54, 1.807) is 6.08 Å². The van der Waals surface area contributed by atoms with Crippen molar-refractivity contribution in [3.63, 3.8) is 0 Å². The number of hydrogen-bond donors (Lipinski definition) is 2. The Balaban J connectivity index is 3.98. The number of thiol groups is 1. The quantitative estimate of drug-likeness (QED) is 0.345. The monoisotopic (exact) mass is 142 g/mol. The summed E-state index contributed by atoms with van der Waals surface area (Å²) in [6.07, 6.45) is 4.60. The van der Waals surface area contributed by atoms with Gasteiger partial charge in [-0.2, -0.15) is 0 Å². The zero-order chi connectivity index (χ0) is 7.28. The summed E-state index contributed by atoms with van der Waals surface area (Å²) in [5.74, 6) is 0.156. The molecule has 0 heterocycles. The van der Waals surface area contributed by atoms with Crippen molar-refractivity contribution in [1.29, 1.82) is 0 Å². The van der Waals surface area contributed by atoms with Gasteiger partial charge in [-0.3, -0.25) is 0 Å². The Labute approximate surface area is 60.8 Å². The third-order valence-corrected chi connectivity index (χ3v) is 0.854. The summed E-state index contributed by atoms with van der Waals surface area (Å²) < 4.78 is 0. The summed E-state index contributed by atoms with van der Waals surface area (Å²) in [6, 6.07) is 0. The van der Waals surface area contributed by atoms with E-state index >= 15 is 0 Å². The fourth-order valence-corrected chi connectivity index (χ4v) is 0.349. The van der Waals surface area contributed by atoms with Crippen LogP contribution in [0.4, 0.5) is 0 Å². The standard InChI is InChI=1S/C7H10OS/c1-3-7(8)5-4-6(2)9/h3-5,8-9H,1H2,2H3/b6-4+,7-5+. The van der Waals surface area contributed by atoms with Crippen molar-refractivity contribution < 1.29 is 5.11 Å². The minimum Gasteiger partial charge on any atom is -0.508 e. The van der Waals surface area contributed by atoms with Crippen LogP contribution in [-0.2, 0) is 0 Å². The highest BCUT2D eigenvalue weighted by Gasteiger charge is 1.77. The zero-order valence-electron chi connectivity index (χ0n) is 5.33. The molecule has 1 N–H and O–H groups in total. The Bertz CT molecular complexity index is 152. The van der Waals surface area contributed by atoms with Crippen LogP contribution in [0, 0.1) is 0 Å². The highest BCUT2D eigenvalue weighted by molar-refractivity contribution is 7.84. The first-order valence-corrected chi connectivity index (χ1v) is 3.00. The smallest absolute Gasteiger partial charge is 0.115 e. The normalized spacial score (nSPS) is 13.6. The molecule has 50 valence electrons. The number of aliphatic hydroxyl groups excluding tert-OH is 1. The van der Waals surface area contributed by atoms with E-state index in [1.165, 1.54) is 12.2 Å². The maximum absolute atomic E-state index is 8.77. The lowest BCUT2D eigenvalue weighted by Crippen LogP contribution is -1.68. The van der Waals surface area contributed by atoms with Crippen LogP contribution in [-0.4, -0.2) is 5.11 Å². The van der Waals surface area contributed by atoms with E-state index in [4.69, 9.17) is 5.11 Å². The Morgan fingerprint density at radius 2 is 2.11 bits per heavy atom. The second-order valence-corrected chi connectivity index (χ2v) is 2.31. The van der Waals surface area contributed by atoms with Gasteiger partial charge in [0.15, 0.2) is 0 Å². The largest absolute Gasteiger partial charge is 0.508 e. The molecule has 2 heteroatoms. The van der Waals surface area contributed by atoms with Crippen molar-refractivity contribution in [2.24, 2.45) is 0 Å². The van der Waals surface area contributed by atoms with Crippen LogP contribution in [0.15, 0.2) is 35.5 Å². The van der Waals surface area contributed by atoms with E-state index in [2.05, 4.69) is 19.2 Å². The Morgan fingerprint density at radius 3 is 2.44 bits per heavy atom. The van der Waals surface area contributed by atoms with Crippen molar-refractivity contribution in [1.82, 2.24) is 0 Å². The third-order valence-electron chi connectivity index (χ3n) is 0.704. The van der Waals surface area contributed by atoms with Crippen LogP contribution in [0.25, 0.3) is 0 Å². The number of rotatable bonds is 2. The number of aliphatic hydroxyl groups is 1. The summed E-state index contributed by atoms with van der Waals surface area (Å²) in [6.45, 7) is 5.20. The van der Waals surface area contributed by atoms with Gasteiger partial charge in [0.1, 0.15) is 5.76 Å². The zero-order valence-corrected chi connectivity index (χ0v) is 6.23. The molecule has 0 fully saturated rings. The van der Waals surface area contributed by atoms with E-state index < -0.39 is 0 Å². The molecule has 0 saturated carbocycles. The van der Waals surface area contributed by atoms with E-state index in [0.717, 1.165) is 4.91 Å². The molecule has 9 heavy (non-hydrogen) atoms. The van der Waals surface area contributed by atoms with Gasteiger partial charge in [-0.05, 0) is 30.1 Å². The minimum absolute atomic E-state index is 0.156. The van der Waals surface area contributed by atoms with Gasteiger partial charge in [0.2, 0.25) is 0 Å². The van der Waals surface area contributed by atoms with Crippen LogP contribution >= 0.6 is 12.6 Å². The number of allylic oxidation sites excluding steroid dienone is 4. The highest BCUT2D eigenvalue weighted by Crippen LogP contribution is 1.98.